The monoisotopic (exact) mass is 264 g/mol. The normalized spacial score (nSPS) is 19.3. The minimum atomic E-state index is -0.167. The van der Waals surface area contributed by atoms with Gasteiger partial charge in [0.2, 0.25) is 0 Å². The molecule has 1 aliphatic rings. The molecule has 0 bridgehead atoms. The van der Waals surface area contributed by atoms with E-state index in [4.69, 9.17) is 0 Å². The van der Waals surface area contributed by atoms with Crippen LogP contribution in [0.1, 0.15) is 33.1 Å². The molecule has 2 nitrogen and oxygen atoms in total. The highest BCUT2D eigenvalue weighted by Crippen LogP contribution is 2.33. The zero-order valence-electron chi connectivity index (χ0n) is 12.1. The van der Waals surface area contributed by atoms with Crippen LogP contribution in [0.4, 0.5) is 10.1 Å². The number of anilines is 1. The van der Waals surface area contributed by atoms with Crippen molar-refractivity contribution >= 4 is 5.69 Å². The summed E-state index contributed by atoms with van der Waals surface area (Å²) < 4.78 is 13.4. The maximum atomic E-state index is 13.4. The van der Waals surface area contributed by atoms with Gasteiger partial charge in [-0.2, -0.15) is 0 Å². The highest BCUT2D eigenvalue weighted by Gasteiger charge is 2.27. The van der Waals surface area contributed by atoms with Crippen molar-refractivity contribution in [2.75, 3.05) is 31.5 Å². The van der Waals surface area contributed by atoms with E-state index in [-0.39, 0.29) is 5.82 Å². The van der Waals surface area contributed by atoms with E-state index >= 15 is 0 Å². The van der Waals surface area contributed by atoms with Crippen molar-refractivity contribution in [3.63, 3.8) is 0 Å². The Balaban J connectivity index is 1.72. The predicted molar refractivity (Wildman–Crippen MR) is 79.0 cm³/mol. The van der Waals surface area contributed by atoms with Crippen molar-refractivity contribution in [1.29, 1.82) is 0 Å². The van der Waals surface area contributed by atoms with Gasteiger partial charge in [-0.15, -0.1) is 0 Å². The predicted octanol–water partition coefficient (Wildman–Crippen LogP) is 3.75. The van der Waals surface area contributed by atoms with Gasteiger partial charge >= 0.3 is 0 Å². The number of likely N-dealkylation sites (tertiary alicyclic amines) is 1. The van der Waals surface area contributed by atoms with E-state index in [1.165, 1.54) is 38.4 Å². The van der Waals surface area contributed by atoms with Crippen LogP contribution < -0.4 is 5.32 Å². The van der Waals surface area contributed by atoms with Gasteiger partial charge in [0.1, 0.15) is 5.82 Å². The first kappa shape index (κ1) is 14.3. The number of hydrogen-bond donors (Lipinski definition) is 1. The second-order valence-electron chi connectivity index (χ2n) is 5.91. The summed E-state index contributed by atoms with van der Waals surface area (Å²) in [5.74, 6) is -0.167. The minimum Gasteiger partial charge on any atom is -0.381 e. The number of nitrogens with one attached hydrogen (secondary N) is 1. The maximum Gasteiger partial charge on any atom is 0.146 e. The Kier molecular flexibility index (Phi) is 4.81. The van der Waals surface area contributed by atoms with E-state index in [1.807, 2.05) is 6.07 Å². The lowest BCUT2D eigenvalue weighted by atomic mass is 9.78. The third-order valence-corrected chi connectivity index (χ3v) is 4.53. The molecule has 0 unspecified atom stereocenters. The molecular formula is C16H25FN2. The molecule has 1 heterocycles. The molecule has 1 aliphatic heterocycles. The lowest BCUT2D eigenvalue weighted by Gasteiger charge is -2.39. The van der Waals surface area contributed by atoms with Crippen LogP contribution in [-0.2, 0) is 0 Å². The van der Waals surface area contributed by atoms with Gasteiger partial charge in [0.05, 0.1) is 5.69 Å². The molecule has 1 saturated heterocycles. The fraction of sp³-hybridized carbons (Fsp3) is 0.625. The number of benzene rings is 1. The quantitative estimate of drug-likeness (QED) is 0.871. The summed E-state index contributed by atoms with van der Waals surface area (Å²) in [5, 5.41) is 3.18. The molecule has 106 valence electrons. The second-order valence-corrected chi connectivity index (χ2v) is 5.91. The Morgan fingerprint density at radius 3 is 2.58 bits per heavy atom. The number of nitrogens with zero attached hydrogens (tertiary/aromatic N) is 1. The van der Waals surface area contributed by atoms with Gasteiger partial charge in [-0.3, -0.25) is 0 Å². The number of para-hydroxylation sites is 1. The molecule has 1 aromatic rings. The summed E-state index contributed by atoms with van der Waals surface area (Å²) in [6.45, 7) is 8.82. The van der Waals surface area contributed by atoms with E-state index in [1.54, 1.807) is 12.1 Å². The van der Waals surface area contributed by atoms with Gasteiger partial charge in [-0.25, -0.2) is 4.39 Å². The minimum absolute atomic E-state index is 0.167. The maximum absolute atomic E-state index is 13.4. The van der Waals surface area contributed by atoms with Crippen molar-refractivity contribution in [3.8, 4) is 0 Å². The SMILES string of the molecule is CCC1(C)CCN(CCNc2ccccc2F)CC1. The van der Waals surface area contributed by atoms with Crippen molar-refractivity contribution in [2.45, 2.75) is 33.1 Å². The smallest absolute Gasteiger partial charge is 0.146 e. The summed E-state index contributed by atoms with van der Waals surface area (Å²) in [4.78, 5) is 2.48. The first-order valence-corrected chi connectivity index (χ1v) is 7.34. The van der Waals surface area contributed by atoms with Crippen LogP contribution >= 0.6 is 0 Å². The lowest BCUT2D eigenvalue weighted by molar-refractivity contribution is 0.118. The van der Waals surface area contributed by atoms with Gasteiger partial charge in [-0.05, 0) is 43.5 Å². The summed E-state index contributed by atoms with van der Waals surface area (Å²) in [7, 11) is 0. The van der Waals surface area contributed by atoms with Crippen LogP contribution in [-0.4, -0.2) is 31.1 Å². The van der Waals surface area contributed by atoms with Gasteiger partial charge in [0.15, 0.2) is 0 Å². The summed E-state index contributed by atoms with van der Waals surface area (Å²) in [6.07, 6.45) is 3.83. The molecule has 0 aromatic heterocycles. The Morgan fingerprint density at radius 2 is 1.95 bits per heavy atom. The summed E-state index contributed by atoms with van der Waals surface area (Å²) >= 11 is 0. The van der Waals surface area contributed by atoms with Gasteiger partial charge < -0.3 is 10.2 Å². The zero-order chi connectivity index (χ0) is 13.7. The third-order valence-electron chi connectivity index (χ3n) is 4.53. The van der Waals surface area contributed by atoms with E-state index < -0.39 is 0 Å². The Labute approximate surface area is 116 Å². The van der Waals surface area contributed by atoms with E-state index in [0.717, 1.165) is 13.1 Å². The van der Waals surface area contributed by atoms with Gasteiger partial charge in [0, 0.05) is 13.1 Å². The fourth-order valence-corrected chi connectivity index (χ4v) is 2.62. The van der Waals surface area contributed by atoms with Gasteiger partial charge in [0.25, 0.3) is 0 Å². The Hall–Kier alpha value is -1.09. The fourth-order valence-electron chi connectivity index (χ4n) is 2.62. The molecule has 0 radical (unpaired) electrons. The zero-order valence-corrected chi connectivity index (χ0v) is 12.1. The molecule has 0 amide bonds. The average molecular weight is 264 g/mol. The topological polar surface area (TPSA) is 15.3 Å². The molecule has 19 heavy (non-hydrogen) atoms. The van der Waals surface area contributed by atoms with Crippen LogP contribution in [0.5, 0.6) is 0 Å². The molecule has 3 heteroatoms. The van der Waals surface area contributed by atoms with Crippen LogP contribution in [0.2, 0.25) is 0 Å². The Morgan fingerprint density at radius 1 is 1.26 bits per heavy atom. The number of rotatable bonds is 5. The van der Waals surface area contributed by atoms with Crippen LogP contribution in [0.15, 0.2) is 24.3 Å². The molecule has 1 N–H and O–H groups in total. The largest absolute Gasteiger partial charge is 0.381 e. The van der Waals surface area contributed by atoms with E-state index in [9.17, 15) is 4.39 Å². The van der Waals surface area contributed by atoms with E-state index in [0.29, 0.717) is 11.1 Å². The molecular weight excluding hydrogens is 239 g/mol. The summed E-state index contributed by atoms with van der Waals surface area (Å²) in [5.41, 5.74) is 1.15. The number of halogens is 1. The molecule has 1 fully saturated rings. The van der Waals surface area contributed by atoms with Gasteiger partial charge in [-0.1, -0.05) is 32.4 Å². The van der Waals surface area contributed by atoms with Crippen molar-refractivity contribution in [2.24, 2.45) is 5.41 Å². The summed E-state index contributed by atoms with van der Waals surface area (Å²) in [6, 6.07) is 6.87. The molecule has 2 rings (SSSR count). The van der Waals surface area contributed by atoms with Crippen LogP contribution in [0.3, 0.4) is 0 Å². The highest BCUT2D eigenvalue weighted by atomic mass is 19.1. The third kappa shape index (κ3) is 3.93. The average Bonchev–Trinajstić information content (AvgIpc) is 2.43. The number of hydrogen-bond acceptors (Lipinski definition) is 2. The van der Waals surface area contributed by atoms with Crippen molar-refractivity contribution < 1.29 is 4.39 Å². The molecule has 0 aliphatic carbocycles. The van der Waals surface area contributed by atoms with Crippen LogP contribution in [0, 0.1) is 11.2 Å². The first-order valence-electron chi connectivity index (χ1n) is 7.34. The second kappa shape index (κ2) is 6.38. The van der Waals surface area contributed by atoms with Crippen LogP contribution in [0.25, 0.3) is 0 Å². The molecule has 0 atom stereocenters. The lowest BCUT2D eigenvalue weighted by Crippen LogP contribution is -2.40. The standard InChI is InChI=1S/C16H25FN2/c1-3-16(2)8-11-19(12-9-16)13-10-18-15-7-5-4-6-14(15)17/h4-7,18H,3,8-13H2,1-2H3. The van der Waals surface area contributed by atoms with E-state index in [2.05, 4.69) is 24.1 Å². The van der Waals surface area contributed by atoms with Crippen molar-refractivity contribution in [3.05, 3.63) is 30.1 Å². The molecule has 0 saturated carbocycles. The highest BCUT2D eigenvalue weighted by molar-refractivity contribution is 5.44. The first-order chi connectivity index (χ1) is 9.13. The Bertz CT molecular complexity index is 397. The molecule has 0 spiro atoms. The number of piperidine rings is 1. The molecule has 1 aromatic carbocycles. The van der Waals surface area contributed by atoms with Crippen molar-refractivity contribution in [1.82, 2.24) is 4.90 Å².